The Balaban J connectivity index is 1.37. The van der Waals surface area contributed by atoms with Gasteiger partial charge in [-0.1, -0.05) is 58.9 Å². The molecule has 1 saturated heterocycles. The van der Waals surface area contributed by atoms with Gasteiger partial charge in [0.1, 0.15) is 12.4 Å². The molecule has 1 atom stereocenters. The summed E-state index contributed by atoms with van der Waals surface area (Å²) in [4.78, 5) is 38.5. The summed E-state index contributed by atoms with van der Waals surface area (Å²) >= 11 is 1.37. The number of aromatic nitrogens is 4. The maximum Gasteiger partial charge on any atom is 0.254 e. The van der Waals surface area contributed by atoms with Gasteiger partial charge >= 0.3 is 0 Å². The summed E-state index contributed by atoms with van der Waals surface area (Å²) in [7, 11) is 0. The molecule has 4 heterocycles. The van der Waals surface area contributed by atoms with Crippen molar-refractivity contribution in [2.75, 3.05) is 29.3 Å². The molecule has 6 rings (SSSR count). The van der Waals surface area contributed by atoms with E-state index in [0.29, 0.717) is 28.6 Å². The summed E-state index contributed by atoms with van der Waals surface area (Å²) in [5.41, 5.74) is 6.07. The van der Waals surface area contributed by atoms with E-state index in [1.807, 2.05) is 47.6 Å². The van der Waals surface area contributed by atoms with Crippen molar-refractivity contribution in [2.45, 2.75) is 78.8 Å². The summed E-state index contributed by atoms with van der Waals surface area (Å²) in [6.45, 7) is 17.8. The number of rotatable bonds is 6. The first-order valence-corrected chi connectivity index (χ1v) is 17.1. The molecule has 47 heavy (non-hydrogen) atoms. The predicted octanol–water partition coefficient (Wildman–Crippen LogP) is 7.75. The highest BCUT2D eigenvalue weighted by atomic mass is 32.2. The lowest BCUT2D eigenvalue weighted by molar-refractivity contribution is 0.0546. The Kier molecular flexibility index (Phi) is 9.16. The van der Waals surface area contributed by atoms with Crippen LogP contribution < -0.4 is 14.4 Å². The van der Waals surface area contributed by atoms with Crippen LogP contribution >= 0.6 is 11.9 Å². The number of hydrogen-bond acceptors (Lipinski definition) is 9. The summed E-state index contributed by atoms with van der Waals surface area (Å²) < 4.78 is 9.80. The van der Waals surface area contributed by atoms with E-state index >= 15 is 0 Å². The third kappa shape index (κ3) is 7.87. The van der Waals surface area contributed by atoms with E-state index in [-0.39, 0.29) is 30.5 Å². The van der Waals surface area contributed by atoms with Gasteiger partial charge in [0.15, 0.2) is 0 Å². The first kappa shape index (κ1) is 32.7. The third-order valence-electron chi connectivity index (χ3n) is 8.74. The molecular formula is C37H45N7O2S. The molecule has 2 aliphatic heterocycles. The maximum absolute atomic E-state index is 14.4. The Labute approximate surface area is 282 Å². The molecule has 0 spiro atoms. The second-order valence-electron chi connectivity index (χ2n) is 14.8. The van der Waals surface area contributed by atoms with Crippen molar-refractivity contribution in [3.8, 4) is 17.1 Å². The first-order chi connectivity index (χ1) is 22.3. The van der Waals surface area contributed by atoms with Crippen molar-refractivity contribution in [2.24, 2.45) is 10.8 Å². The quantitative estimate of drug-likeness (QED) is 0.210. The van der Waals surface area contributed by atoms with Crippen molar-refractivity contribution in [3.63, 3.8) is 0 Å². The normalized spacial score (nSPS) is 17.9. The van der Waals surface area contributed by atoms with Gasteiger partial charge in [0.05, 0.1) is 36.4 Å². The van der Waals surface area contributed by atoms with Crippen molar-refractivity contribution in [1.82, 2.24) is 24.8 Å². The highest BCUT2D eigenvalue weighted by molar-refractivity contribution is 8.00. The number of amides is 1. The van der Waals surface area contributed by atoms with Gasteiger partial charge in [0.2, 0.25) is 11.8 Å². The molecule has 0 saturated carbocycles. The summed E-state index contributed by atoms with van der Waals surface area (Å²) in [5, 5.41) is 0. The van der Waals surface area contributed by atoms with E-state index in [2.05, 4.69) is 76.3 Å². The molecule has 0 unspecified atom stereocenters. The largest absolute Gasteiger partial charge is 0.475 e. The number of carbonyl (C=O) groups excluding carboxylic acids is 1. The van der Waals surface area contributed by atoms with Crippen LogP contribution in [0.2, 0.25) is 0 Å². The Morgan fingerprint density at radius 3 is 2.38 bits per heavy atom. The molecular weight excluding hydrogens is 607 g/mol. The molecule has 1 fully saturated rings. The minimum absolute atomic E-state index is 0.0666. The topological polar surface area (TPSA) is 96.4 Å². The average molecular weight is 652 g/mol. The number of carbonyl (C=O) groups is 1. The fourth-order valence-electron chi connectivity index (χ4n) is 6.25. The third-order valence-corrected chi connectivity index (χ3v) is 9.51. The van der Waals surface area contributed by atoms with Crippen molar-refractivity contribution in [1.29, 1.82) is 0 Å². The van der Waals surface area contributed by atoms with Crippen LogP contribution in [0.3, 0.4) is 0 Å². The number of aryl methyl sites for hydroxylation is 2. The fourth-order valence-corrected chi connectivity index (χ4v) is 6.88. The molecule has 4 aromatic rings. The van der Waals surface area contributed by atoms with Crippen LogP contribution in [0.4, 0.5) is 11.6 Å². The molecule has 2 aliphatic rings. The van der Waals surface area contributed by atoms with Gasteiger partial charge in [-0.15, -0.1) is 0 Å². The van der Waals surface area contributed by atoms with Crippen LogP contribution in [-0.2, 0) is 6.54 Å². The summed E-state index contributed by atoms with van der Waals surface area (Å²) in [6, 6.07) is 15.5. The van der Waals surface area contributed by atoms with Gasteiger partial charge < -0.3 is 14.5 Å². The standard InChI is InChI=1S/C37H45N7O2S/c1-24-10-8-11-25(2)33(24)30-17-32-41-35(40-30)42-47-29-13-9-12-26(16-29)34(45)44(27(21-46-32)14-15-36(3,4)5)20-31-38-18-28(19-39-31)43-22-37(6,7)23-43/h8-13,16-19,27H,14-15,20-23H2,1-7H3,(H,40,41,42)/t27-/m1/s1. The van der Waals surface area contributed by atoms with E-state index in [1.54, 1.807) is 0 Å². The highest BCUT2D eigenvalue weighted by Gasteiger charge is 2.35. The summed E-state index contributed by atoms with van der Waals surface area (Å²) in [5.74, 6) is 1.42. The first-order valence-electron chi connectivity index (χ1n) is 16.3. The van der Waals surface area contributed by atoms with Crippen LogP contribution in [0.25, 0.3) is 11.3 Å². The average Bonchev–Trinajstić information content (AvgIpc) is 3.01. The number of benzene rings is 2. The number of fused-ring (bicyclic) bond motifs is 4. The van der Waals surface area contributed by atoms with E-state index in [0.717, 1.165) is 58.9 Å². The minimum Gasteiger partial charge on any atom is -0.475 e. The number of anilines is 2. The van der Waals surface area contributed by atoms with Crippen LogP contribution in [-0.4, -0.2) is 56.5 Å². The van der Waals surface area contributed by atoms with Gasteiger partial charge in [-0.3, -0.25) is 9.52 Å². The Morgan fingerprint density at radius 2 is 1.70 bits per heavy atom. The number of ether oxygens (including phenoxy) is 1. The molecule has 10 heteroatoms. The second-order valence-corrected chi connectivity index (χ2v) is 15.7. The number of nitrogens with one attached hydrogen (secondary N) is 1. The Hall–Kier alpha value is -4.18. The van der Waals surface area contributed by atoms with E-state index in [1.165, 1.54) is 11.9 Å². The highest BCUT2D eigenvalue weighted by Crippen LogP contribution is 2.34. The van der Waals surface area contributed by atoms with Gasteiger partial charge in [0.25, 0.3) is 5.91 Å². The zero-order valence-corrected chi connectivity index (χ0v) is 29.3. The molecule has 4 bridgehead atoms. The SMILES string of the molecule is Cc1cccc(C)c1-c1cc2nc(n1)NSc1cccc(c1)C(=O)N(Cc1ncc(N3CC(C)(C)C3)cn1)[C@H](CCC(C)(C)C)CO2. The smallest absolute Gasteiger partial charge is 0.254 e. The van der Waals surface area contributed by atoms with Gasteiger partial charge in [0, 0.05) is 35.2 Å². The number of nitrogens with zero attached hydrogens (tertiary/aromatic N) is 6. The Morgan fingerprint density at radius 1 is 1.00 bits per heavy atom. The van der Waals surface area contributed by atoms with Crippen molar-refractivity contribution < 1.29 is 9.53 Å². The molecule has 1 amide bonds. The molecule has 9 nitrogen and oxygen atoms in total. The van der Waals surface area contributed by atoms with E-state index in [4.69, 9.17) is 24.7 Å². The van der Waals surface area contributed by atoms with Crippen LogP contribution in [0.5, 0.6) is 5.88 Å². The zero-order chi connectivity index (χ0) is 33.3. The number of hydrogen-bond donors (Lipinski definition) is 1. The van der Waals surface area contributed by atoms with Crippen LogP contribution in [0.1, 0.15) is 74.8 Å². The molecule has 1 N–H and O–H groups in total. The summed E-state index contributed by atoms with van der Waals surface area (Å²) in [6.07, 6.45) is 5.40. The molecule has 246 valence electrons. The maximum atomic E-state index is 14.4. The predicted molar refractivity (Wildman–Crippen MR) is 189 cm³/mol. The lowest BCUT2D eigenvalue weighted by Gasteiger charge is -2.47. The molecule has 2 aromatic heterocycles. The molecule has 0 aliphatic carbocycles. The van der Waals surface area contributed by atoms with Gasteiger partial charge in [-0.05, 0) is 78.8 Å². The van der Waals surface area contributed by atoms with Gasteiger partial charge in [-0.25, -0.2) is 15.0 Å². The molecule has 2 aromatic carbocycles. The minimum atomic E-state index is -0.256. The Bertz CT molecular complexity index is 1720. The molecule has 0 radical (unpaired) electrons. The zero-order valence-electron chi connectivity index (χ0n) is 28.5. The fraction of sp³-hybridized carbons (Fsp3) is 0.432. The van der Waals surface area contributed by atoms with Crippen LogP contribution in [0.15, 0.2) is 65.8 Å². The van der Waals surface area contributed by atoms with Crippen LogP contribution in [0, 0.1) is 24.7 Å². The monoisotopic (exact) mass is 651 g/mol. The lowest BCUT2D eigenvalue weighted by Crippen LogP contribution is -2.53. The second kappa shape index (κ2) is 13.1. The van der Waals surface area contributed by atoms with E-state index in [9.17, 15) is 4.79 Å². The lowest BCUT2D eigenvalue weighted by atomic mass is 9.84. The van der Waals surface area contributed by atoms with Crippen molar-refractivity contribution in [3.05, 3.63) is 83.4 Å². The van der Waals surface area contributed by atoms with Gasteiger partial charge in [-0.2, -0.15) is 4.98 Å². The van der Waals surface area contributed by atoms with E-state index < -0.39 is 0 Å². The van der Waals surface area contributed by atoms with Crippen molar-refractivity contribution >= 4 is 29.5 Å².